The van der Waals surface area contributed by atoms with Crippen LogP contribution in [0.15, 0.2) is 48.9 Å². The van der Waals surface area contributed by atoms with Crippen LogP contribution in [-0.2, 0) is 0 Å². The lowest BCUT2D eigenvalue weighted by Crippen LogP contribution is -2.24. The molecule has 19 heavy (non-hydrogen) atoms. The number of urea groups is 1. The zero-order chi connectivity index (χ0) is 13.5. The number of hydrogen-bond donors (Lipinski definition) is 2. The van der Waals surface area contributed by atoms with E-state index in [0.29, 0.717) is 5.56 Å². The summed E-state index contributed by atoms with van der Waals surface area (Å²) in [5, 5.41) is 4.91. The quantitative estimate of drug-likeness (QED) is 0.888. The van der Waals surface area contributed by atoms with Gasteiger partial charge in [-0.05, 0) is 29.8 Å². The Morgan fingerprint density at radius 2 is 2.00 bits per heavy atom. The SMILES string of the molecule is O=C(N/C=C/c1cccc(F)c1)Nc1ncccn1. The molecule has 2 amide bonds. The minimum absolute atomic E-state index is 0.208. The first-order valence-electron chi connectivity index (χ1n) is 5.51. The van der Waals surface area contributed by atoms with Crippen molar-refractivity contribution < 1.29 is 9.18 Å². The van der Waals surface area contributed by atoms with E-state index in [2.05, 4.69) is 20.6 Å². The molecule has 96 valence electrons. The van der Waals surface area contributed by atoms with Gasteiger partial charge < -0.3 is 5.32 Å². The van der Waals surface area contributed by atoms with E-state index in [0.717, 1.165) is 0 Å². The number of nitrogens with one attached hydrogen (secondary N) is 2. The van der Waals surface area contributed by atoms with E-state index < -0.39 is 6.03 Å². The van der Waals surface area contributed by atoms with Crippen LogP contribution < -0.4 is 10.6 Å². The highest BCUT2D eigenvalue weighted by Crippen LogP contribution is 2.04. The van der Waals surface area contributed by atoms with Crippen LogP contribution in [0.5, 0.6) is 0 Å². The average molecular weight is 258 g/mol. The van der Waals surface area contributed by atoms with E-state index in [4.69, 9.17) is 0 Å². The predicted octanol–water partition coefficient (Wildman–Crippen LogP) is 2.41. The summed E-state index contributed by atoms with van der Waals surface area (Å²) in [5.41, 5.74) is 0.649. The average Bonchev–Trinajstić information content (AvgIpc) is 2.40. The molecule has 2 rings (SSSR count). The summed E-state index contributed by atoms with van der Waals surface area (Å²) in [4.78, 5) is 19.1. The second-order valence-electron chi connectivity index (χ2n) is 3.56. The van der Waals surface area contributed by atoms with E-state index in [9.17, 15) is 9.18 Å². The van der Waals surface area contributed by atoms with Gasteiger partial charge in [0.15, 0.2) is 0 Å². The molecule has 0 atom stereocenters. The highest BCUT2D eigenvalue weighted by molar-refractivity contribution is 5.88. The Hall–Kier alpha value is -2.76. The van der Waals surface area contributed by atoms with Crippen LogP contribution in [0.3, 0.4) is 0 Å². The summed E-state index contributed by atoms with van der Waals surface area (Å²) in [5.74, 6) is -0.122. The van der Waals surface area contributed by atoms with Crippen LogP contribution in [0.2, 0.25) is 0 Å². The van der Waals surface area contributed by atoms with Crippen molar-refractivity contribution in [3.05, 3.63) is 60.3 Å². The van der Waals surface area contributed by atoms with E-state index in [1.807, 2.05) is 0 Å². The first-order chi connectivity index (χ1) is 9.24. The molecule has 0 bridgehead atoms. The van der Waals surface area contributed by atoms with Crippen molar-refractivity contribution in [2.45, 2.75) is 0 Å². The largest absolute Gasteiger partial charge is 0.325 e. The number of halogens is 1. The maximum atomic E-state index is 12.9. The molecule has 1 heterocycles. The van der Waals surface area contributed by atoms with Crippen molar-refractivity contribution in [2.75, 3.05) is 5.32 Å². The summed E-state index contributed by atoms with van der Waals surface area (Å²) < 4.78 is 12.9. The Bertz CT molecular complexity index is 586. The number of hydrogen-bond acceptors (Lipinski definition) is 3. The van der Waals surface area contributed by atoms with Crippen molar-refractivity contribution >= 4 is 18.1 Å². The number of aromatic nitrogens is 2. The second kappa shape index (κ2) is 6.25. The van der Waals surface area contributed by atoms with Crippen LogP contribution >= 0.6 is 0 Å². The summed E-state index contributed by atoms with van der Waals surface area (Å²) in [7, 11) is 0. The Balaban J connectivity index is 1.87. The van der Waals surface area contributed by atoms with Crippen LogP contribution in [0.25, 0.3) is 6.08 Å². The lowest BCUT2D eigenvalue weighted by atomic mass is 10.2. The molecule has 0 radical (unpaired) electrons. The molecule has 1 aromatic heterocycles. The maximum Gasteiger partial charge on any atom is 0.325 e. The molecule has 5 nitrogen and oxygen atoms in total. The molecule has 2 aromatic rings. The topological polar surface area (TPSA) is 66.9 Å². The van der Waals surface area contributed by atoms with Gasteiger partial charge in [-0.15, -0.1) is 0 Å². The van der Waals surface area contributed by atoms with Gasteiger partial charge in [0.05, 0.1) is 0 Å². The highest BCUT2D eigenvalue weighted by Gasteiger charge is 1.99. The fourth-order valence-corrected chi connectivity index (χ4v) is 1.33. The monoisotopic (exact) mass is 258 g/mol. The third kappa shape index (κ3) is 4.19. The molecule has 0 spiro atoms. The van der Waals surface area contributed by atoms with Crippen LogP contribution in [0, 0.1) is 5.82 Å². The highest BCUT2D eigenvalue weighted by atomic mass is 19.1. The normalized spacial score (nSPS) is 10.4. The maximum absolute atomic E-state index is 12.9. The number of carbonyl (C=O) groups is 1. The third-order valence-electron chi connectivity index (χ3n) is 2.13. The van der Waals surface area contributed by atoms with Crippen LogP contribution in [0.1, 0.15) is 5.56 Å². The van der Waals surface area contributed by atoms with Gasteiger partial charge >= 0.3 is 6.03 Å². The Morgan fingerprint density at radius 3 is 2.74 bits per heavy atom. The molecule has 0 saturated heterocycles. The molecular formula is C13H11FN4O. The van der Waals surface area contributed by atoms with E-state index in [1.165, 1.54) is 30.7 Å². The molecule has 0 aliphatic carbocycles. The molecule has 1 aromatic carbocycles. The first kappa shape index (κ1) is 12.7. The molecule has 6 heteroatoms. The summed E-state index contributed by atoms with van der Waals surface area (Å²) in [6.07, 6.45) is 6.03. The van der Waals surface area contributed by atoms with Gasteiger partial charge in [0.25, 0.3) is 0 Å². The standard InChI is InChI=1S/C13H11FN4O/c14-11-4-1-3-10(9-11)5-8-17-13(19)18-12-15-6-2-7-16-12/h1-9H,(H2,15,16,17,18,19)/b8-5+. The van der Waals surface area contributed by atoms with E-state index in [-0.39, 0.29) is 11.8 Å². The van der Waals surface area contributed by atoms with Crippen LogP contribution in [0.4, 0.5) is 15.1 Å². The number of benzene rings is 1. The van der Waals surface area contributed by atoms with Gasteiger partial charge in [-0.3, -0.25) is 5.32 Å². The molecule has 0 fully saturated rings. The summed E-state index contributed by atoms with van der Waals surface area (Å²) in [6.45, 7) is 0. The lowest BCUT2D eigenvalue weighted by Gasteiger charge is -2.01. The number of nitrogens with zero attached hydrogens (tertiary/aromatic N) is 2. The number of anilines is 1. The Kier molecular flexibility index (Phi) is 4.17. The van der Waals surface area contributed by atoms with Crippen molar-refractivity contribution in [1.82, 2.24) is 15.3 Å². The molecule has 0 aliphatic rings. The fraction of sp³-hybridized carbons (Fsp3) is 0. The van der Waals surface area contributed by atoms with E-state index >= 15 is 0 Å². The molecular weight excluding hydrogens is 247 g/mol. The number of rotatable bonds is 3. The zero-order valence-electron chi connectivity index (χ0n) is 9.88. The van der Waals surface area contributed by atoms with Crippen LogP contribution in [-0.4, -0.2) is 16.0 Å². The van der Waals surface area contributed by atoms with Gasteiger partial charge in [0.2, 0.25) is 5.95 Å². The number of amides is 2. The van der Waals surface area contributed by atoms with Gasteiger partial charge in [0, 0.05) is 18.6 Å². The number of carbonyl (C=O) groups excluding carboxylic acids is 1. The molecule has 0 saturated carbocycles. The Labute approximate surface area is 109 Å². The fourth-order valence-electron chi connectivity index (χ4n) is 1.33. The van der Waals surface area contributed by atoms with Crippen molar-refractivity contribution in [3.63, 3.8) is 0 Å². The predicted molar refractivity (Wildman–Crippen MR) is 69.6 cm³/mol. The smallest absolute Gasteiger partial charge is 0.314 e. The van der Waals surface area contributed by atoms with Gasteiger partial charge in [-0.25, -0.2) is 19.2 Å². The van der Waals surface area contributed by atoms with E-state index in [1.54, 1.807) is 24.3 Å². The van der Waals surface area contributed by atoms with Crippen molar-refractivity contribution in [3.8, 4) is 0 Å². The van der Waals surface area contributed by atoms with Gasteiger partial charge in [-0.2, -0.15) is 0 Å². The van der Waals surface area contributed by atoms with Crippen molar-refractivity contribution in [1.29, 1.82) is 0 Å². The summed E-state index contributed by atoms with van der Waals surface area (Å²) in [6, 6.07) is 7.19. The Morgan fingerprint density at radius 1 is 1.21 bits per heavy atom. The molecule has 0 unspecified atom stereocenters. The molecule has 2 N–H and O–H groups in total. The van der Waals surface area contributed by atoms with Crippen molar-refractivity contribution in [2.24, 2.45) is 0 Å². The minimum Gasteiger partial charge on any atom is -0.314 e. The molecule has 0 aliphatic heterocycles. The summed E-state index contributed by atoms with van der Waals surface area (Å²) >= 11 is 0. The zero-order valence-corrected chi connectivity index (χ0v) is 9.88. The van der Waals surface area contributed by atoms with Gasteiger partial charge in [0.1, 0.15) is 5.82 Å². The van der Waals surface area contributed by atoms with Gasteiger partial charge in [-0.1, -0.05) is 12.1 Å². The lowest BCUT2D eigenvalue weighted by molar-refractivity contribution is 0.255. The second-order valence-corrected chi connectivity index (χ2v) is 3.56. The first-order valence-corrected chi connectivity index (χ1v) is 5.51. The third-order valence-corrected chi connectivity index (χ3v) is 2.13. The minimum atomic E-state index is -0.473.